The number of piperidine rings is 1. The highest BCUT2D eigenvalue weighted by Crippen LogP contribution is 2.43. The third-order valence-corrected chi connectivity index (χ3v) is 5.14. The van der Waals surface area contributed by atoms with Crippen molar-refractivity contribution in [3.05, 3.63) is 77.1 Å². The molecule has 0 aromatic heterocycles. The van der Waals surface area contributed by atoms with Crippen molar-refractivity contribution in [1.29, 1.82) is 0 Å². The largest absolute Gasteiger partial charge is 0.476 e. The fourth-order valence-electron chi connectivity index (χ4n) is 3.61. The molecule has 0 bridgehead atoms. The van der Waals surface area contributed by atoms with Crippen LogP contribution in [-0.4, -0.2) is 29.8 Å². The first-order valence-corrected chi connectivity index (χ1v) is 9.35. The second-order valence-electron chi connectivity index (χ2n) is 7.09. The number of rotatable bonds is 3. The predicted octanol–water partition coefficient (Wildman–Crippen LogP) is 3.65. The van der Waals surface area contributed by atoms with E-state index in [4.69, 9.17) is 14.3 Å². The third-order valence-electron chi connectivity index (χ3n) is 5.14. The van der Waals surface area contributed by atoms with E-state index < -0.39 is 58.6 Å². The predicted molar refractivity (Wildman–Crippen MR) is 96.0 cm³/mol. The quantitative estimate of drug-likeness (QED) is 0.305. The van der Waals surface area contributed by atoms with Gasteiger partial charge in [-0.15, -0.1) is 0 Å². The average molecular weight is 455 g/mol. The third kappa shape index (κ3) is 3.79. The van der Waals surface area contributed by atoms with Gasteiger partial charge in [0, 0.05) is 31.5 Å². The Kier molecular flexibility index (Phi) is 5.59. The van der Waals surface area contributed by atoms with E-state index >= 15 is 0 Å². The highest BCUT2D eigenvalue weighted by atomic mass is 19.2. The summed E-state index contributed by atoms with van der Waals surface area (Å²) in [5, 5.41) is 1.05. The van der Waals surface area contributed by atoms with E-state index in [0.29, 0.717) is 5.56 Å². The van der Waals surface area contributed by atoms with Gasteiger partial charge in [0.1, 0.15) is 5.60 Å². The summed E-state index contributed by atoms with van der Waals surface area (Å²) in [5.74, 6) is -14.1. The number of carbonyl (C=O) groups is 2. The van der Waals surface area contributed by atoms with E-state index in [-0.39, 0.29) is 19.4 Å². The Morgan fingerprint density at radius 2 is 1.47 bits per heavy atom. The molecule has 4 rings (SSSR count). The van der Waals surface area contributed by atoms with Crippen LogP contribution in [0.1, 0.15) is 18.4 Å². The zero-order chi connectivity index (χ0) is 23.0. The summed E-state index contributed by atoms with van der Waals surface area (Å²) in [6.07, 6.45) is -0.0105. The number of nitrogens with zero attached hydrogens (tertiary/aromatic N) is 1. The molecule has 11 heteroatoms. The molecule has 0 saturated carbocycles. The van der Waals surface area contributed by atoms with Crippen molar-refractivity contribution in [2.45, 2.75) is 24.7 Å². The summed E-state index contributed by atoms with van der Waals surface area (Å²) in [7, 11) is 0. The molecule has 2 aromatic carbocycles. The smallest absolute Gasteiger partial charge is 0.350 e. The SMILES string of the molecule is O=C1/C=C\C(=O)ON2CCC(Oc3c(F)c(F)c(F)c(F)c3F)(c3ccccc3)CC2O1. The summed E-state index contributed by atoms with van der Waals surface area (Å²) in [5.41, 5.74) is -1.36. The molecule has 0 amide bonds. The zero-order valence-corrected chi connectivity index (χ0v) is 16.1. The fourth-order valence-corrected chi connectivity index (χ4v) is 3.61. The van der Waals surface area contributed by atoms with Crippen LogP contribution in [0, 0.1) is 29.1 Å². The molecule has 2 aliphatic heterocycles. The van der Waals surface area contributed by atoms with Gasteiger partial charge in [-0.25, -0.2) is 22.8 Å². The summed E-state index contributed by atoms with van der Waals surface area (Å²) in [6, 6.07) is 7.86. The van der Waals surface area contributed by atoms with Crippen molar-refractivity contribution in [2.75, 3.05) is 6.54 Å². The molecule has 0 N–H and O–H groups in total. The summed E-state index contributed by atoms with van der Waals surface area (Å²) in [4.78, 5) is 28.8. The van der Waals surface area contributed by atoms with Gasteiger partial charge in [-0.2, -0.15) is 8.78 Å². The van der Waals surface area contributed by atoms with Crippen LogP contribution in [-0.2, 0) is 24.8 Å². The topological polar surface area (TPSA) is 65.1 Å². The van der Waals surface area contributed by atoms with Gasteiger partial charge in [0.15, 0.2) is 12.0 Å². The molecule has 2 aliphatic rings. The molecule has 2 heterocycles. The van der Waals surface area contributed by atoms with Crippen LogP contribution >= 0.6 is 0 Å². The Morgan fingerprint density at radius 1 is 0.875 bits per heavy atom. The number of hydrogen-bond acceptors (Lipinski definition) is 6. The fraction of sp³-hybridized carbons (Fsp3) is 0.238. The van der Waals surface area contributed by atoms with E-state index in [9.17, 15) is 31.5 Å². The maximum Gasteiger partial charge on any atom is 0.350 e. The van der Waals surface area contributed by atoms with Crippen molar-refractivity contribution < 1.29 is 45.9 Å². The molecule has 0 aliphatic carbocycles. The van der Waals surface area contributed by atoms with Gasteiger partial charge >= 0.3 is 11.9 Å². The first-order valence-electron chi connectivity index (χ1n) is 9.35. The molecular weight excluding hydrogens is 441 g/mol. The lowest BCUT2D eigenvalue weighted by atomic mass is 9.83. The second-order valence-corrected chi connectivity index (χ2v) is 7.09. The minimum atomic E-state index is -2.32. The Morgan fingerprint density at radius 3 is 2.12 bits per heavy atom. The van der Waals surface area contributed by atoms with Gasteiger partial charge in [-0.3, -0.25) is 0 Å². The molecule has 6 nitrogen and oxygen atoms in total. The molecule has 0 spiro atoms. The second kappa shape index (κ2) is 8.23. The average Bonchev–Trinajstić information content (AvgIpc) is 2.79. The molecule has 1 fully saturated rings. The molecule has 2 unspecified atom stereocenters. The van der Waals surface area contributed by atoms with Gasteiger partial charge in [-0.1, -0.05) is 35.4 Å². The molecule has 2 aromatic rings. The van der Waals surface area contributed by atoms with Crippen LogP contribution in [0.15, 0.2) is 42.5 Å². The molecule has 2 atom stereocenters. The lowest BCUT2D eigenvalue weighted by Crippen LogP contribution is -2.54. The lowest BCUT2D eigenvalue weighted by molar-refractivity contribution is -0.265. The highest BCUT2D eigenvalue weighted by molar-refractivity contribution is 5.92. The standard InChI is InChI=1S/C21H14F5NO5/c22-15-16(23)18(25)20(19(26)17(15)24)31-21(11-4-2-1-3-5-11)8-9-27-12(10-21)30-13(28)6-7-14(29)32-27/h1-7,12H,8-10H2/b7-6-. The van der Waals surface area contributed by atoms with Crippen molar-refractivity contribution in [1.82, 2.24) is 5.06 Å². The number of esters is 1. The molecule has 32 heavy (non-hydrogen) atoms. The van der Waals surface area contributed by atoms with Crippen LogP contribution in [0.5, 0.6) is 5.75 Å². The van der Waals surface area contributed by atoms with Crippen LogP contribution < -0.4 is 4.74 Å². The summed E-state index contributed by atoms with van der Waals surface area (Å²) < 4.78 is 80.5. The van der Waals surface area contributed by atoms with Crippen LogP contribution in [0.25, 0.3) is 0 Å². The molecule has 0 radical (unpaired) electrons. The van der Waals surface area contributed by atoms with Gasteiger partial charge in [0.05, 0.1) is 0 Å². The van der Waals surface area contributed by atoms with Crippen molar-refractivity contribution in [3.8, 4) is 5.75 Å². The van der Waals surface area contributed by atoms with Gasteiger partial charge in [0.25, 0.3) is 0 Å². The Balaban J connectivity index is 1.79. The maximum atomic E-state index is 14.4. The van der Waals surface area contributed by atoms with Crippen LogP contribution in [0.2, 0.25) is 0 Å². The van der Waals surface area contributed by atoms with Crippen molar-refractivity contribution in [3.63, 3.8) is 0 Å². The number of fused-ring (bicyclic) bond motifs is 1. The van der Waals surface area contributed by atoms with Crippen LogP contribution in [0.3, 0.4) is 0 Å². The van der Waals surface area contributed by atoms with E-state index in [1.54, 1.807) is 18.2 Å². The lowest BCUT2D eigenvalue weighted by Gasteiger charge is -2.44. The number of hydroxylamine groups is 2. The first kappa shape index (κ1) is 21.8. The number of carbonyl (C=O) groups excluding carboxylic acids is 2. The van der Waals surface area contributed by atoms with Crippen LogP contribution in [0.4, 0.5) is 22.0 Å². The molecule has 168 valence electrons. The Labute approximate surface area is 177 Å². The Bertz CT molecular complexity index is 1080. The Hall–Kier alpha value is -3.47. The van der Waals surface area contributed by atoms with Gasteiger partial charge < -0.3 is 14.3 Å². The maximum absolute atomic E-state index is 14.4. The molecule has 1 saturated heterocycles. The number of hydrogen-bond donors (Lipinski definition) is 0. The summed E-state index contributed by atoms with van der Waals surface area (Å²) >= 11 is 0. The van der Waals surface area contributed by atoms with E-state index in [1.165, 1.54) is 12.1 Å². The zero-order valence-electron chi connectivity index (χ0n) is 16.1. The first-order chi connectivity index (χ1) is 15.2. The highest BCUT2D eigenvalue weighted by Gasteiger charge is 2.48. The normalized spacial score (nSPS) is 24.6. The van der Waals surface area contributed by atoms with Crippen molar-refractivity contribution in [2.24, 2.45) is 0 Å². The monoisotopic (exact) mass is 455 g/mol. The minimum absolute atomic E-state index is 0.110. The van der Waals surface area contributed by atoms with E-state index in [1.807, 2.05) is 0 Å². The number of halogens is 5. The van der Waals surface area contributed by atoms with E-state index in [0.717, 1.165) is 17.2 Å². The molecular formula is C21H14F5NO5. The summed E-state index contributed by atoms with van der Waals surface area (Å²) in [6.45, 7) is -0.137. The van der Waals surface area contributed by atoms with Gasteiger partial charge in [0.2, 0.25) is 29.1 Å². The van der Waals surface area contributed by atoms with Gasteiger partial charge in [-0.05, 0) is 5.56 Å². The van der Waals surface area contributed by atoms with E-state index in [2.05, 4.69) is 0 Å². The number of benzene rings is 2. The number of ether oxygens (including phenoxy) is 2. The minimum Gasteiger partial charge on any atom is -0.476 e. The van der Waals surface area contributed by atoms with Crippen molar-refractivity contribution >= 4 is 11.9 Å².